The Morgan fingerprint density at radius 1 is 1.25 bits per heavy atom. The Morgan fingerprint density at radius 3 is 2.80 bits per heavy atom. The zero-order valence-corrected chi connectivity index (χ0v) is 11.8. The lowest BCUT2D eigenvalue weighted by Gasteiger charge is -2.31. The summed E-state index contributed by atoms with van der Waals surface area (Å²) in [5, 5.41) is 0. The largest absolute Gasteiger partial charge is 0.271 e. The van der Waals surface area contributed by atoms with Crippen LogP contribution >= 0.6 is 0 Å². The minimum Gasteiger partial charge on any atom is -0.271 e. The van der Waals surface area contributed by atoms with E-state index >= 15 is 0 Å². The molecule has 3 heteroatoms. The SMILES string of the molecule is Cc1ccc(C(NN)C2CCCc3cccnc32)cc1. The van der Waals surface area contributed by atoms with Gasteiger partial charge in [-0.25, -0.2) is 0 Å². The summed E-state index contributed by atoms with van der Waals surface area (Å²) in [6.45, 7) is 2.10. The molecule has 0 aliphatic heterocycles. The van der Waals surface area contributed by atoms with E-state index in [0.29, 0.717) is 5.92 Å². The van der Waals surface area contributed by atoms with Crippen LogP contribution < -0.4 is 11.3 Å². The van der Waals surface area contributed by atoms with Crippen molar-refractivity contribution in [2.75, 3.05) is 0 Å². The number of nitrogens with two attached hydrogens (primary N) is 1. The van der Waals surface area contributed by atoms with Crippen LogP contribution in [0, 0.1) is 6.92 Å². The molecule has 0 saturated carbocycles. The third-order valence-electron chi connectivity index (χ3n) is 4.26. The van der Waals surface area contributed by atoms with Gasteiger partial charge in [-0.2, -0.15) is 0 Å². The molecule has 1 aromatic carbocycles. The van der Waals surface area contributed by atoms with Gasteiger partial charge in [-0.1, -0.05) is 35.9 Å². The average molecular weight is 267 g/mol. The third kappa shape index (κ3) is 2.47. The van der Waals surface area contributed by atoms with Gasteiger partial charge in [0.25, 0.3) is 0 Å². The standard InChI is InChI=1S/C17H21N3/c1-12-7-9-14(10-8-12)17(20-18)15-6-2-4-13-5-3-11-19-16(13)15/h3,5,7-11,15,17,20H,2,4,6,18H2,1H3. The molecule has 3 nitrogen and oxygen atoms in total. The van der Waals surface area contributed by atoms with E-state index in [9.17, 15) is 0 Å². The van der Waals surface area contributed by atoms with Crippen LogP contribution in [0.4, 0.5) is 0 Å². The first-order chi connectivity index (χ1) is 9.79. The fourth-order valence-corrected chi connectivity index (χ4v) is 3.19. The van der Waals surface area contributed by atoms with E-state index in [0.717, 1.165) is 12.8 Å². The van der Waals surface area contributed by atoms with Crippen molar-refractivity contribution in [1.29, 1.82) is 0 Å². The number of aromatic nitrogens is 1. The molecule has 0 spiro atoms. The molecule has 0 radical (unpaired) electrons. The lowest BCUT2D eigenvalue weighted by Crippen LogP contribution is -2.34. The highest BCUT2D eigenvalue weighted by Crippen LogP contribution is 2.38. The van der Waals surface area contributed by atoms with Crippen LogP contribution in [0.15, 0.2) is 42.6 Å². The second-order valence-electron chi connectivity index (χ2n) is 5.60. The summed E-state index contributed by atoms with van der Waals surface area (Å²) in [7, 11) is 0. The van der Waals surface area contributed by atoms with E-state index < -0.39 is 0 Å². The van der Waals surface area contributed by atoms with Crippen molar-refractivity contribution < 1.29 is 0 Å². The highest BCUT2D eigenvalue weighted by atomic mass is 15.2. The number of pyridine rings is 1. The van der Waals surface area contributed by atoms with Gasteiger partial charge in [0.15, 0.2) is 0 Å². The lowest BCUT2D eigenvalue weighted by atomic mass is 9.80. The molecule has 20 heavy (non-hydrogen) atoms. The second kappa shape index (κ2) is 5.73. The van der Waals surface area contributed by atoms with Gasteiger partial charge in [-0.3, -0.25) is 16.3 Å². The Bertz CT molecular complexity index is 577. The number of rotatable bonds is 3. The highest BCUT2D eigenvalue weighted by Gasteiger charge is 2.29. The number of hydrogen-bond donors (Lipinski definition) is 2. The summed E-state index contributed by atoms with van der Waals surface area (Å²) < 4.78 is 0. The van der Waals surface area contributed by atoms with Crippen LogP contribution in [0.1, 0.15) is 47.2 Å². The van der Waals surface area contributed by atoms with Gasteiger partial charge in [0.2, 0.25) is 0 Å². The maximum atomic E-state index is 5.85. The van der Waals surface area contributed by atoms with Crippen molar-refractivity contribution in [3.8, 4) is 0 Å². The Balaban J connectivity index is 1.96. The molecule has 0 bridgehead atoms. The van der Waals surface area contributed by atoms with Crippen molar-refractivity contribution in [3.63, 3.8) is 0 Å². The molecule has 0 amide bonds. The van der Waals surface area contributed by atoms with Crippen molar-refractivity contribution >= 4 is 0 Å². The predicted molar refractivity (Wildman–Crippen MR) is 81.2 cm³/mol. The van der Waals surface area contributed by atoms with Crippen molar-refractivity contribution in [1.82, 2.24) is 10.4 Å². The van der Waals surface area contributed by atoms with Crippen LogP contribution in [-0.2, 0) is 6.42 Å². The van der Waals surface area contributed by atoms with Gasteiger partial charge in [0.05, 0.1) is 6.04 Å². The fraction of sp³-hybridized carbons (Fsp3) is 0.353. The molecule has 1 heterocycles. The minimum absolute atomic E-state index is 0.129. The number of benzene rings is 1. The Morgan fingerprint density at radius 2 is 2.05 bits per heavy atom. The Labute approximate surface area is 120 Å². The van der Waals surface area contributed by atoms with Crippen molar-refractivity contribution in [2.45, 2.75) is 38.1 Å². The summed E-state index contributed by atoms with van der Waals surface area (Å²) in [5.41, 5.74) is 8.10. The number of aryl methyl sites for hydroxylation is 2. The number of hydrazine groups is 1. The van der Waals surface area contributed by atoms with Gasteiger partial charge in [0, 0.05) is 17.8 Å². The molecule has 2 aromatic rings. The van der Waals surface area contributed by atoms with Gasteiger partial charge in [-0.15, -0.1) is 0 Å². The molecule has 1 aliphatic rings. The molecule has 2 atom stereocenters. The number of fused-ring (bicyclic) bond motifs is 1. The number of hydrogen-bond acceptors (Lipinski definition) is 3. The minimum atomic E-state index is 0.129. The monoisotopic (exact) mass is 267 g/mol. The smallest absolute Gasteiger partial charge is 0.0543 e. The van der Waals surface area contributed by atoms with E-state index in [2.05, 4.69) is 47.7 Å². The molecule has 1 aromatic heterocycles. The molecule has 2 unspecified atom stereocenters. The maximum absolute atomic E-state index is 5.85. The van der Waals surface area contributed by atoms with Crippen molar-refractivity contribution in [3.05, 3.63) is 65.0 Å². The van der Waals surface area contributed by atoms with Gasteiger partial charge < -0.3 is 0 Å². The van der Waals surface area contributed by atoms with E-state index in [1.165, 1.54) is 28.8 Å². The zero-order valence-electron chi connectivity index (χ0n) is 11.8. The average Bonchev–Trinajstić information content (AvgIpc) is 2.50. The predicted octanol–water partition coefficient (Wildman–Crippen LogP) is 3.01. The summed E-state index contributed by atoms with van der Waals surface area (Å²) in [6, 6.07) is 13.0. The van der Waals surface area contributed by atoms with Gasteiger partial charge in [-0.05, 0) is 43.4 Å². The first kappa shape index (κ1) is 13.3. The molecule has 3 rings (SSSR count). The molecule has 0 fully saturated rings. The highest BCUT2D eigenvalue weighted by molar-refractivity contribution is 5.32. The van der Waals surface area contributed by atoms with E-state index in [1.807, 2.05) is 12.3 Å². The van der Waals surface area contributed by atoms with Crippen LogP contribution in [0.2, 0.25) is 0 Å². The third-order valence-corrected chi connectivity index (χ3v) is 4.26. The van der Waals surface area contributed by atoms with Gasteiger partial charge >= 0.3 is 0 Å². The molecule has 104 valence electrons. The summed E-state index contributed by atoms with van der Waals surface area (Å²) >= 11 is 0. The second-order valence-corrected chi connectivity index (χ2v) is 5.60. The summed E-state index contributed by atoms with van der Waals surface area (Å²) in [6.07, 6.45) is 5.35. The van der Waals surface area contributed by atoms with Crippen LogP contribution in [-0.4, -0.2) is 4.98 Å². The van der Waals surface area contributed by atoms with Crippen LogP contribution in [0.5, 0.6) is 0 Å². The lowest BCUT2D eigenvalue weighted by molar-refractivity contribution is 0.400. The molecular weight excluding hydrogens is 246 g/mol. The Kier molecular flexibility index (Phi) is 3.81. The van der Waals surface area contributed by atoms with Crippen LogP contribution in [0.3, 0.4) is 0 Å². The maximum Gasteiger partial charge on any atom is 0.0543 e. The van der Waals surface area contributed by atoms with Gasteiger partial charge in [0.1, 0.15) is 0 Å². The number of nitrogens with one attached hydrogen (secondary N) is 1. The molecule has 3 N–H and O–H groups in total. The fourth-order valence-electron chi connectivity index (χ4n) is 3.19. The van der Waals surface area contributed by atoms with Crippen molar-refractivity contribution in [2.24, 2.45) is 5.84 Å². The topological polar surface area (TPSA) is 50.9 Å². The molecule has 1 aliphatic carbocycles. The first-order valence-electron chi connectivity index (χ1n) is 7.26. The molecule has 0 saturated heterocycles. The van der Waals surface area contributed by atoms with E-state index in [-0.39, 0.29) is 6.04 Å². The normalized spacial score (nSPS) is 19.4. The van der Waals surface area contributed by atoms with E-state index in [1.54, 1.807) is 0 Å². The zero-order chi connectivity index (χ0) is 13.9. The quantitative estimate of drug-likeness (QED) is 0.664. The molecular formula is C17H21N3. The number of nitrogens with zero attached hydrogens (tertiary/aromatic N) is 1. The first-order valence-corrected chi connectivity index (χ1v) is 7.26. The van der Waals surface area contributed by atoms with E-state index in [4.69, 9.17) is 5.84 Å². The summed E-state index contributed by atoms with van der Waals surface area (Å²) in [5.74, 6) is 6.21. The Hall–Kier alpha value is -1.71. The van der Waals surface area contributed by atoms with Crippen LogP contribution in [0.25, 0.3) is 0 Å². The summed E-state index contributed by atoms with van der Waals surface area (Å²) in [4.78, 5) is 4.62.